The lowest BCUT2D eigenvalue weighted by Crippen LogP contribution is -2.35. The fourth-order valence-electron chi connectivity index (χ4n) is 2.90. The largest absolute Gasteiger partial charge is 0.496 e. The molecule has 3 aromatic rings. The Labute approximate surface area is 174 Å². The number of hydrogen-bond donors (Lipinski definition) is 2. The summed E-state index contributed by atoms with van der Waals surface area (Å²) in [5.74, 6) is 0.00553. The molecule has 7 heteroatoms. The van der Waals surface area contributed by atoms with Gasteiger partial charge in [-0.3, -0.25) is 9.59 Å². The van der Waals surface area contributed by atoms with Crippen molar-refractivity contribution in [3.8, 4) is 11.4 Å². The smallest absolute Gasteiger partial charge is 0.255 e. The molecule has 0 bridgehead atoms. The van der Waals surface area contributed by atoms with Crippen molar-refractivity contribution in [3.05, 3.63) is 83.1 Å². The van der Waals surface area contributed by atoms with Crippen molar-refractivity contribution in [1.29, 1.82) is 0 Å². The van der Waals surface area contributed by atoms with Gasteiger partial charge in [-0.15, -0.1) is 0 Å². The van der Waals surface area contributed by atoms with E-state index in [0.29, 0.717) is 35.8 Å². The Morgan fingerprint density at radius 1 is 1.00 bits per heavy atom. The van der Waals surface area contributed by atoms with Crippen molar-refractivity contribution < 1.29 is 14.3 Å². The molecule has 0 aliphatic rings. The highest BCUT2D eigenvalue weighted by Gasteiger charge is 2.16. The van der Waals surface area contributed by atoms with Crippen molar-refractivity contribution in [2.24, 2.45) is 0 Å². The van der Waals surface area contributed by atoms with Gasteiger partial charge in [-0.05, 0) is 23.8 Å². The lowest BCUT2D eigenvalue weighted by atomic mass is 10.1. The van der Waals surface area contributed by atoms with E-state index in [0.717, 1.165) is 11.3 Å². The third-order valence-electron chi connectivity index (χ3n) is 4.34. The van der Waals surface area contributed by atoms with E-state index in [2.05, 4.69) is 10.6 Å². The molecule has 0 saturated carbocycles. The number of hydrogen-bond acceptors (Lipinski definition) is 3. The summed E-state index contributed by atoms with van der Waals surface area (Å²) in [6.07, 6.45) is 4.02. The molecule has 0 aliphatic carbocycles. The van der Waals surface area contributed by atoms with E-state index in [1.807, 2.05) is 59.4 Å². The van der Waals surface area contributed by atoms with Crippen LogP contribution in [0.5, 0.6) is 5.75 Å². The highest BCUT2D eigenvalue weighted by molar-refractivity contribution is 6.33. The Morgan fingerprint density at radius 3 is 2.38 bits per heavy atom. The first-order valence-corrected chi connectivity index (χ1v) is 9.56. The molecule has 1 heterocycles. The average molecular weight is 412 g/mol. The summed E-state index contributed by atoms with van der Waals surface area (Å²) in [5, 5.41) is 6.00. The SMILES string of the molecule is COc1cc(-n2cccc2)c(Cl)cc1C(=O)NCCNC(=O)Cc1ccccc1. The maximum absolute atomic E-state index is 12.5. The van der Waals surface area contributed by atoms with Crippen LogP contribution in [0.15, 0.2) is 67.0 Å². The van der Waals surface area contributed by atoms with Gasteiger partial charge in [0.15, 0.2) is 0 Å². The highest BCUT2D eigenvalue weighted by Crippen LogP contribution is 2.29. The van der Waals surface area contributed by atoms with Crippen LogP contribution in [0.25, 0.3) is 5.69 Å². The summed E-state index contributed by atoms with van der Waals surface area (Å²) in [5.41, 5.74) is 2.00. The number of ether oxygens (including phenoxy) is 1. The van der Waals surface area contributed by atoms with Gasteiger partial charge >= 0.3 is 0 Å². The Hall–Kier alpha value is -3.25. The zero-order chi connectivity index (χ0) is 20.6. The Kier molecular flexibility index (Phi) is 6.92. The number of halogens is 1. The van der Waals surface area contributed by atoms with E-state index < -0.39 is 0 Å². The Morgan fingerprint density at radius 2 is 1.69 bits per heavy atom. The minimum Gasteiger partial charge on any atom is -0.496 e. The van der Waals surface area contributed by atoms with Crippen LogP contribution in [0.3, 0.4) is 0 Å². The van der Waals surface area contributed by atoms with Crippen LogP contribution >= 0.6 is 11.6 Å². The highest BCUT2D eigenvalue weighted by atomic mass is 35.5. The van der Waals surface area contributed by atoms with Gasteiger partial charge in [-0.1, -0.05) is 41.9 Å². The number of methoxy groups -OCH3 is 1. The van der Waals surface area contributed by atoms with Crippen molar-refractivity contribution in [2.75, 3.05) is 20.2 Å². The standard InChI is InChI=1S/C22H22ClN3O3/c1-29-20-15-19(26-11-5-6-12-26)18(23)14-17(20)22(28)25-10-9-24-21(27)13-16-7-3-2-4-8-16/h2-8,11-12,14-15H,9-10,13H2,1H3,(H,24,27)(H,25,28). The van der Waals surface area contributed by atoms with Crippen molar-refractivity contribution in [3.63, 3.8) is 0 Å². The van der Waals surface area contributed by atoms with Gasteiger partial charge in [-0.2, -0.15) is 0 Å². The summed E-state index contributed by atoms with van der Waals surface area (Å²) >= 11 is 6.36. The lowest BCUT2D eigenvalue weighted by Gasteiger charge is -2.14. The number of rotatable bonds is 8. The van der Waals surface area contributed by atoms with E-state index in [1.54, 1.807) is 12.1 Å². The van der Waals surface area contributed by atoms with Gasteiger partial charge in [-0.25, -0.2) is 0 Å². The third-order valence-corrected chi connectivity index (χ3v) is 4.64. The molecule has 0 fully saturated rings. The number of carbonyl (C=O) groups excluding carboxylic acids is 2. The average Bonchev–Trinajstić information content (AvgIpc) is 3.26. The maximum Gasteiger partial charge on any atom is 0.255 e. The normalized spacial score (nSPS) is 10.4. The fourth-order valence-corrected chi connectivity index (χ4v) is 3.16. The topological polar surface area (TPSA) is 72.4 Å². The number of nitrogens with one attached hydrogen (secondary N) is 2. The summed E-state index contributed by atoms with van der Waals surface area (Å²) < 4.78 is 7.21. The molecule has 29 heavy (non-hydrogen) atoms. The minimum absolute atomic E-state index is 0.0952. The number of nitrogens with zero attached hydrogens (tertiary/aromatic N) is 1. The van der Waals surface area contributed by atoms with Crippen LogP contribution in [-0.2, 0) is 11.2 Å². The molecule has 1 aromatic heterocycles. The first-order valence-electron chi connectivity index (χ1n) is 9.18. The van der Waals surface area contributed by atoms with Crippen LogP contribution in [0.2, 0.25) is 5.02 Å². The Balaban J connectivity index is 1.55. The summed E-state index contributed by atoms with van der Waals surface area (Å²) in [6.45, 7) is 0.619. The molecule has 0 unspecified atom stereocenters. The summed E-state index contributed by atoms with van der Waals surface area (Å²) in [6, 6.07) is 16.6. The quantitative estimate of drug-likeness (QED) is 0.559. The van der Waals surface area contributed by atoms with Crippen molar-refractivity contribution in [1.82, 2.24) is 15.2 Å². The van der Waals surface area contributed by atoms with E-state index in [4.69, 9.17) is 16.3 Å². The molecular weight excluding hydrogens is 390 g/mol. The number of aromatic nitrogens is 1. The molecule has 0 aliphatic heterocycles. The van der Waals surface area contributed by atoms with E-state index in [-0.39, 0.29) is 11.8 Å². The number of amides is 2. The van der Waals surface area contributed by atoms with Crippen molar-refractivity contribution in [2.45, 2.75) is 6.42 Å². The molecule has 0 radical (unpaired) electrons. The molecule has 6 nitrogen and oxygen atoms in total. The Bertz CT molecular complexity index is 972. The molecular formula is C22H22ClN3O3. The van der Waals surface area contributed by atoms with Crippen LogP contribution in [0.4, 0.5) is 0 Å². The number of benzene rings is 2. The predicted octanol–water partition coefficient (Wildman–Crippen LogP) is 3.23. The van der Waals surface area contributed by atoms with Gasteiger partial charge in [0.25, 0.3) is 5.91 Å². The van der Waals surface area contributed by atoms with Crippen molar-refractivity contribution >= 4 is 23.4 Å². The van der Waals surface area contributed by atoms with Crippen LogP contribution in [0.1, 0.15) is 15.9 Å². The van der Waals surface area contributed by atoms with Gasteiger partial charge in [0, 0.05) is 31.5 Å². The zero-order valence-electron chi connectivity index (χ0n) is 16.0. The lowest BCUT2D eigenvalue weighted by molar-refractivity contribution is -0.120. The molecule has 0 atom stereocenters. The van der Waals surface area contributed by atoms with Gasteiger partial charge < -0.3 is 19.9 Å². The molecule has 0 spiro atoms. The second-order valence-corrected chi connectivity index (χ2v) is 6.77. The predicted molar refractivity (Wildman–Crippen MR) is 113 cm³/mol. The van der Waals surface area contributed by atoms with E-state index in [1.165, 1.54) is 7.11 Å². The fraction of sp³-hybridized carbons (Fsp3) is 0.182. The molecule has 3 rings (SSSR count). The van der Waals surface area contributed by atoms with Gasteiger partial charge in [0.2, 0.25) is 5.91 Å². The molecule has 2 aromatic carbocycles. The first kappa shape index (κ1) is 20.5. The monoisotopic (exact) mass is 411 g/mol. The second kappa shape index (κ2) is 9.80. The molecule has 2 amide bonds. The zero-order valence-corrected chi connectivity index (χ0v) is 16.8. The van der Waals surface area contributed by atoms with Crippen LogP contribution in [-0.4, -0.2) is 36.6 Å². The minimum atomic E-state index is -0.319. The first-order chi connectivity index (χ1) is 14.1. The maximum atomic E-state index is 12.5. The van der Waals surface area contributed by atoms with Gasteiger partial charge in [0.05, 0.1) is 29.8 Å². The molecule has 2 N–H and O–H groups in total. The summed E-state index contributed by atoms with van der Waals surface area (Å²) in [4.78, 5) is 24.5. The van der Waals surface area contributed by atoms with Gasteiger partial charge in [0.1, 0.15) is 5.75 Å². The van der Waals surface area contributed by atoms with Crippen LogP contribution in [0, 0.1) is 0 Å². The molecule has 150 valence electrons. The third kappa shape index (κ3) is 5.39. The van der Waals surface area contributed by atoms with Crippen LogP contribution < -0.4 is 15.4 Å². The van der Waals surface area contributed by atoms with E-state index >= 15 is 0 Å². The summed E-state index contributed by atoms with van der Waals surface area (Å²) in [7, 11) is 1.50. The number of carbonyl (C=O) groups is 2. The second-order valence-electron chi connectivity index (χ2n) is 6.36. The molecule has 0 saturated heterocycles. The van der Waals surface area contributed by atoms with E-state index in [9.17, 15) is 9.59 Å².